The molecule has 0 unspecified atom stereocenters. The number of hydrogen-bond acceptors (Lipinski definition) is 4. The zero-order valence-electron chi connectivity index (χ0n) is 15.9. The van der Waals surface area contributed by atoms with Gasteiger partial charge in [0.05, 0.1) is 5.56 Å². The molecule has 0 radical (unpaired) electrons. The summed E-state index contributed by atoms with van der Waals surface area (Å²) >= 11 is 0. The fourth-order valence-corrected chi connectivity index (χ4v) is 2.78. The van der Waals surface area contributed by atoms with Crippen LogP contribution in [0.4, 0.5) is 13.2 Å². The Morgan fingerprint density at radius 1 is 1.10 bits per heavy atom. The summed E-state index contributed by atoms with van der Waals surface area (Å²) in [6, 6.07) is 12.7. The van der Waals surface area contributed by atoms with E-state index in [9.17, 15) is 18.0 Å². The predicted octanol–water partition coefficient (Wildman–Crippen LogP) is 5.27. The zero-order chi connectivity index (χ0) is 21.0. The Bertz CT molecular complexity index is 953. The summed E-state index contributed by atoms with van der Waals surface area (Å²) < 4.78 is 43.5. The van der Waals surface area contributed by atoms with Crippen LogP contribution in [0.2, 0.25) is 0 Å². The summed E-state index contributed by atoms with van der Waals surface area (Å²) in [6.45, 7) is 3.88. The molecular weight excluding hydrogens is 383 g/mol. The number of halogens is 3. The van der Waals surface area contributed by atoms with Crippen LogP contribution in [0.3, 0.4) is 0 Å². The Morgan fingerprint density at radius 3 is 2.34 bits per heavy atom. The van der Waals surface area contributed by atoms with Crippen LogP contribution >= 0.6 is 0 Å². The summed E-state index contributed by atoms with van der Waals surface area (Å²) in [5.74, 6) is 0.108. The van der Waals surface area contributed by atoms with Crippen molar-refractivity contribution >= 4 is 5.91 Å². The Labute approximate surface area is 165 Å². The molecule has 29 heavy (non-hydrogen) atoms. The molecule has 0 bridgehead atoms. The number of hydrogen-bond donors (Lipinski definition) is 1. The van der Waals surface area contributed by atoms with Crippen LogP contribution in [-0.4, -0.2) is 16.0 Å². The number of nitrogens with zero attached hydrogens (tertiary/aromatic N) is 2. The van der Waals surface area contributed by atoms with Crippen LogP contribution in [0.1, 0.15) is 48.1 Å². The maximum Gasteiger partial charge on any atom is 0.416 e. The molecule has 0 aliphatic heterocycles. The van der Waals surface area contributed by atoms with Gasteiger partial charge in [0, 0.05) is 11.1 Å². The highest BCUT2D eigenvalue weighted by atomic mass is 19.4. The van der Waals surface area contributed by atoms with Crippen molar-refractivity contribution in [2.45, 2.75) is 32.5 Å². The van der Waals surface area contributed by atoms with Crippen LogP contribution < -0.4 is 5.32 Å². The lowest BCUT2D eigenvalue weighted by Gasteiger charge is -2.21. The van der Waals surface area contributed by atoms with Crippen molar-refractivity contribution in [1.29, 1.82) is 0 Å². The van der Waals surface area contributed by atoms with Gasteiger partial charge < -0.3 is 9.84 Å². The van der Waals surface area contributed by atoms with Gasteiger partial charge in [-0.25, -0.2) is 0 Å². The lowest BCUT2D eigenvalue weighted by Crippen LogP contribution is -2.32. The molecule has 1 heterocycles. The highest BCUT2D eigenvalue weighted by molar-refractivity contribution is 5.94. The highest BCUT2D eigenvalue weighted by Gasteiger charge is 2.31. The largest absolute Gasteiger partial charge is 0.416 e. The Hall–Kier alpha value is -3.16. The minimum atomic E-state index is -4.45. The van der Waals surface area contributed by atoms with E-state index in [-0.39, 0.29) is 17.4 Å². The first kappa shape index (κ1) is 20.6. The first-order chi connectivity index (χ1) is 13.8. The number of benzene rings is 2. The van der Waals surface area contributed by atoms with Crippen molar-refractivity contribution in [3.63, 3.8) is 0 Å². The predicted molar refractivity (Wildman–Crippen MR) is 101 cm³/mol. The first-order valence-corrected chi connectivity index (χ1v) is 9.16. The monoisotopic (exact) mass is 403 g/mol. The average Bonchev–Trinajstić information content (AvgIpc) is 3.21. The molecule has 0 spiro atoms. The van der Waals surface area contributed by atoms with Crippen LogP contribution in [0.5, 0.6) is 0 Å². The third kappa shape index (κ3) is 4.82. The van der Waals surface area contributed by atoms with Gasteiger partial charge in [-0.1, -0.05) is 55.8 Å². The Kier molecular flexibility index (Phi) is 6.00. The average molecular weight is 403 g/mol. The van der Waals surface area contributed by atoms with Gasteiger partial charge in [-0.2, -0.15) is 18.2 Å². The standard InChI is InChI=1S/C21H20F3N3O2/c1-3-13(2)17(20-26-18(27-29-20)14-7-5-4-6-8-14)25-19(28)15-9-11-16(12-10-15)21(22,23)24/h4-13,17H,3H2,1-2H3,(H,25,28)/t13-,17-/m0/s1. The van der Waals surface area contributed by atoms with E-state index in [1.54, 1.807) is 0 Å². The van der Waals surface area contributed by atoms with Gasteiger partial charge >= 0.3 is 6.18 Å². The lowest BCUT2D eigenvalue weighted by atomic mass is 9.98. The van der Waals surface area contributed by atoms with E-state index in [0.29, 0.717) is 5.82 Å². The summed E-state index contributed by atoms with van der Waals surface area (Å²) in [6.07, 6.45) is -3.73. The van der Waals surface area contributed by atoms with Crippen molar-refractivity contribution < 1.29 is 22.5 Å². The SMILES string of the molecule is CC[C@H](C)[C@H](NC(=O)c1ccc(C(F)(F)F)cc1)c1nc(-c2ccccc2)no1. The minimum Gasteiger partial charge on any atom is -0.340 e. The maximum absolute atomic E-state index is 12.7. The summed E-state index contributed by atoms with van der Waals surface area (Å²) in [4.78, 5) is 17.0. The lowest BCUT2D eigenvalue weighted by molar-refractivity contribution is -0.137. The van der Waals surface area contributed by atoms with Crippen LogP contribution in [0.25, 0.3) is 11.4 Å². The summed E-state index contributed by atoms with van der Waals surface area (Å²) in [5.41, 5.74) is 0.0884. The number of carbonyl (C=O) groups is 1. The van der Waals surface area contributed by atoms with Crippen LogP contribution in [0.15, 0.2) is 59.1 Å². The summed E-state index contributed by atoms with van der Waals surface area (Å²) in [5, 5.41) is 6.79. The number of aromatic nitrogens is 2. The van der Waals surface area contributed by atoms with Gasteiger partial charge in [0.15, 0.2) is 0 Å². The molecule has 0 aliphatic carbocycles. The molecule has 0 saturated heterocycles. The Balaban J connectivity index is 1.81. The fraction of sp³-hybridized carbons (Fsp3) is 0.286. The third-order valence-electron chi connectivity index (χ3n) is 4.71. The van der Waals surface area contributed by atoms with E-state index in [2.05, 4.69) is 15.5 Å². The van der Waals surface area contributed by atoms with Crippen molar-refractivity contribution in [3.05, 3.63) is 71.6 Å². The summed E-state index contributed by atoms with van der Waals surface area (Å²) in [7, 11) is 0. The molecule has 2 aromatic carbocycles. The number of amides is 1. The quantitative estimate of drug-likeness (QED) is 0.609. The normalized spacial score (nSPS) is 13.7. The van der Waals surface area contributed by atoms with E-state index >= 15 is 0 Å². The van der Waals surface area contributed by atoms with Crippen molar-refractivity contribution in [2.75, 3.05) is 0 Å². The van der Waals surface area contributed by atoms with E-state index in [1.165, 1.54) is 0 Å². The second kappa shape index (κ2) is 8.46. The van der Waals surface area contributed by atoms with Crippen molar-refractivity contribution in [3.8, 4) is 11.4 Å². The van der Waals surface area contributed by atoms with E-state index in [0.717, 1.165) is 36.2 Å². The number of nitrogens with one attached hydrogen (secondary N) is 1. The van der Waals surface area contributed by atoms with Gasteiger partial charge in [0.25, 0.3) is 5.91 Å². The van der Waals surface area contributed by atoms with Crippen molar-refractivity contribution in [2.24, 2.45) is 5.92 Å². The first-order valence-electron chi connectivity index (χ1n) is 9.16. The molecule has 1 amide bonds. The highest BCUT2D eigenvalue weighted by Crippen LogP contribution is 2.30. The van der Waals surface area contributed by atoms with Crippen LogP contribution in [0, 0.1) is 5.92 Å². The van der Waals surface area contributed by atoms with Gasteiger partial charge in [-0.15, -0.1) is 0 Å². The molecule has 0 aliphatic rings. The van der Waals surface area contributed by atoms with E-state index in [4.69, 9.17) is 4.52 Å². The molecule has 1 N–H and O–H groups in total. The van der Waals surface area contributed by atoms with Crippen LogP contribution in [-0.2, 0) is 6.18 Å². The molecule has 1 aromatic heterocycles. The number of rotatable bonds is 6. The smallest absolute Gasteiger partial charge is 0.340 e. The second-order valence-electron chi connectivity index (χ2n) is 6.73. The molecule has 2 atom stereocenters. The second-order valence-corrected chi connectivity index (χ2v) is 6.73. The molecule has 8 heteroatoms. The van der Waals surface area contributed by atoms with E-state index < -0.39 is 23.7 Å². The Morgan fingerprint density at radius 2 is 1.76 bits per heavy atom. The van der Waals surface area contributed by atoms with Gasteiger partial charge in [-0.3, -0.25) is 4.79 Å². The molecule has 3 aromatic rings. The molecule has 0 saturated carbocycles. The van der Waals surface area contributed by atoms with Crippen molar-refractivity contribution in [1.82, 2.24) is 15.5 Å². The maximum atomic E-state index is 12.7. The molecule has 5 nitrogen and oxygen atoms in total. The minimum absolute atomic E-state index is 0.0301. The molecular formula is C21H20F3N3O2. The van der Waals surface area contributed by atoms with Gasteiger partial charge in [-0.05, 0) is 30.2 Å². The molecule has 3 rings (SSSR count). The third-order valence-corrected chi connectivity index (χ3v) is 4.71. The zero-order valence-corrected chi connectivity index (χ0v) is 15.9. The van der Waals surface area contributed by atoms with E-state index in [1.807, 2.05) is 44.2 Å². The fourth-order valence-electron chi connectivity index (χ4n) is 2.78. The molecule has 0 fully saturated rings. The topological polar surface area (TPSA) is 68.0 Å². The van der Waals surface area contributed by atoms with Gasteiger partial charge in [0.2, 0.25) is 11.7 Å². The van der Waals surface area contributed by atoms with Gasteiger partial charge in [0.1, 0.15) is 6.04 Å². The number of carbonyl (C=O) groups excluding carboxylic acids is 1. The molecule has 152 valence electrons. The number of alkyl halides is 3.